The zero-order valence-corrected chi connectivity index (χ0v) is 11.7. The molecule has 0 saturated heterocycles. The zero-order valence-electron chi connectivity index (χ0n) is 11.7. The minimum atomic E-state index is -0.996. The molecule has 1 aromatic heterocycles. The molecule has 0 fully saturated rings. The van der Waals surface area contributed by atoms with Gasteiger partial charge < -0.3 is 0 Å². The maximum absolute atomic E-state index is 13.1. The van der Waals surface area contributed by atoms with Crippen molar-refractivity contribution in [2.45, 2.75) is 26.7 Å². The van der Waals surface area contributed by atoms with Crippen LogP contribution in [0.4, 0.5) is 8.78 Å². The van der Waals surface area contributed by atoms with Crippen molar-refractivity contribution in [2.24, 2.45) is 7.05 Å². The van der Waals surface area contributed by atoms with Crippen LogP contribution in [0.3, 0.4) is 0 Å². The smallest absolute Gasteiger partial charge is 0.163 e. The van der Waals surface area contributed by atoms with E-state index >= 15 is 0 Å². The minimum absolute atomic E-state index is 0.197. The summed E-state index contributed by atoms with van der Waals surface area (Å²) in [6.07, 6.45) is 0.793. The topological polar surface area (TPSA) is 34.9 Å². The van der Waals surface area contributed by atoms with Crippen LogP contribution < -0.4 is 0 Å². The third kappa shape index (κ3) is 2.76. The first-order chi connectivity index (χ1) is 9.40. The summed E-state index contributed by atoms with van der Waals surface area (Å²) in [6.45, 7) is 3.84. The molecule has 0 bridgehead atoms. The summed E-state index contributed by atoms with van der Waals surface area (Å²) in [5, 5.41) is 4.28. The van der Waals surface area contributed by atoms with Crippen LogP contribution in [0.5, 0.6) is 0 Å². The molecule has 1 heterocycles. The predicted octanol–water partition coefficient (Wildman–Crippen LogP) is 3.13. The summed E-state index contributed by atoms with van der Waals surface area (Å²) in [6, 6.07) is 3.23. The molecule has 1 aromatic carbocycles. The number of benzene rings is 1. The molecule has 20 heavy (non-hydrogen) atoms. The van der Waals surface area contributed by atoms with Crippen LogP contribution in [0.15, 0.2) is 18.2 Å². The first-order valence-corrected chi connectivity index (χ1v) is 6.37. The molecule has 0 aliphatic rings. The largest absolute Gasteiger partial charge is 0.294 e. The Kier molecular flexibility index (Phi) is 3.97. The van der Waals surface area contributed by atoms with E-state index in [0.29, 0.717) is 6.42 Å². The highest BCUT2D eigenvalue weighted by Gasteiger charge is 2.13. The SMILES string of the molecule is Cc1nn(C)c(C)c1CCC(=O)c1ccc(F)c(F)c1. The first kappa shape index (κ1) is 14.4. The van der Waals surface area contributed by atoms with Crippen LogP contribution in [0.1, 0.15) is 33.7 Å². The number of Topliss-reactive ketones (excluding diaryl/α,β-unsaturated/α-hetero) is 1. The molecule has 0 atom stereocenters. The highest BCUT2D eigenvalue weighted by atomic mass is 19.2. The molecule has 2 rings (SSSR count). The van der Waals surface area contributed by atoms with E-state index < -0.39 is 11.6 Å². The van der Waals surface area contributed by atoms with Crippen LogP contribution in [0.25, 0.3) is 0 Å². The second-order valence-corrected chi connectivity index (χ2v) is 4.83. The lowest BCUT2D eigenvalue weighted by atomic mass is 10.0. The van der Waals surface area contributed by atoms with E-state index in [1.165, 1.54) is 6.07 Å². The molecule has 0 unspecified atom stereocenters. The van der Waals surface area contributed by atoms with Gasteiger partial charge >= 0.3 is 0 Å². The van der Waals surface area contributed by atoms with E-state index in [0.717, 1.165) is 29.1 Å². The summed E-state index contributed by atoms with van der Waals surface area (Å²) in [5.41, 5.74) is 3.13. The number of hydrogen-bond acceptors (Lipinski definition) is 2. The van der Waals surface area contributed by atoms with Crippen molar-refractivity contribution < 1.29 is 13.6 Å². The third-order valence-electron chi connectivity index (χ3n) is 3.50. The van der Waals surface area contributed by atoms with E-state index in [-0.39, 0.29) is 17.8 Å². The quantitative estimate of drug-likeness (QED) is 0.805. The number of halogens is 2. The minimum Gasteiger partial charge on any atom is -0.294 e. The number of ketones is 1. The molecule has 106 valence electrons. The second-order valence-electron chi connectivity index (χ2n) is 4.83. The zero-order chi connectivity index (χ0) is 14.9. The van der Waals surface area contributed by atoms with Crippen molar-refractivity contribution in [3.8, 4) is 0 Å². The number of aryl methyl sites for hydroxylation is 2. The van der Waals surface area contributed by atoms with Crippen molar-refractivity contribution in [2.75, 3.05) is 0 Å². The summed E-state index contributed by atoms with van der Waals surface area (Å²) in [7, 11) is 1.85. The van der Waals surface area contributed by atoms with Crippen molar-refractivity contribution in [3.05, 3.63) is 52.3 Å². The van der Waals surface area contributed by atoms with Crippen LogP contribution in [-0.4, -0.2) is 15.6 Å². The fourth-order valence-corrected chi connectivity index (χ4v) is 2.23. The third-order valence-corrected chi connectivity index (χ3v) is 3.50. The molecule has 2 aromatic rings. The first-order valence-electron chi connectivity index (χ1n) is 6.37. The van der Waals surface area contributed by atoms with Gasteiger partial charge in [-0.2, -0.15) is 5.10 Å². The van der Waals surface area contributed by atoms with Gasteiger partial charge in [0.1, 0.15) is 0 Å². The molecule has 3 nitrogen and oxygen atoms in total. The average molecular weight is 278 g/mol. The number of rotatable bonds is 4. The van der Waals surface area contributed by atoms with Gasteiger partial charge in [-0.15, -0.1) is 0 Å². The van der Waals surface area contributed by atoms with Gasteiger partial charge in [-0.1, -0.05) is 0 Å². The molecule has 0 N–H and O–H groups in total. The number of nitrogens with zero attached hydrogens (tertiary/aromatic N) is 2. The maximum atomic E-state index is 13.1. The standard InChI is InChI=1S/C15H16F2N2O/c1-9-12(10(2)19(3)18-9)5-7-15(20)11-4-6-13(16)14(17)8-11/h4,6,8H,5,7H2,1-3H3. The lowest BCUT2D eigenvalue weighted by Gasteiger charge is -2.03. The van der Waals surface area contributed by atoms with Crippen LogP contribution in [-0.2, 0) is 13.5 Å². The van der Waals surface area contributed by atoms with Gasteiger partial charge in [-0.25, -0.2) is 8.78 Å². The number of carbonyl (C=O) groups is 1. The van der Waals surface area contributed by atoms with Crippen LogP contribution in [0, 0.1) is 25.5 Å². The Labute approximate surface area is 116 Å². The lowest BCUT2D eigenvalue weighted by molar-refractivity contribution is 0.0982. The normalized spacial score (nSPS) is 10.8. The molecule has 0 saturated carbocycles. The van der Waals surface area contributed by atoms with Gasteiger partial charge in [0.15, 0.2) is 17.4 Å². The Morgan fingerprint density at radius 2 is 1.95 bits per heavy atom. The van der Waals surface area contributed by atoms with Gasteiger partial charge in [0.2, 0.25) is 0 Å². The van der Waals surface area contributed by atoms with Crippen molar-refractivity contribution in [1.82, 2.24) is 9.78 Å². The fourth-order valence-electron chi connectivity index (χ4n) is 2.23. The van der Waals surface area contributed by atoms with Gasteiger partial charge in [0, 0.05) is 24.7 Å². The van der Waals surface area contributed by atoms with Crippen molar-refractivity contribution in [3.63, 3.8) is 0 Å². The van der Waals surface area contributed by atoms with E-state index in [4.69, 9.17) is 0 Å². The summed E-state index contributed by atoms with van der Waals surface area (Å²) in [4.78, 5) is 12.0. The Morgan fingerprint density at radius 1 is 1.25 bits per heavy atom. The summed E-state index contributed by atoms with van der Waals surface area (Å²) < 4.78 is 27.7. The molecular formula is C15H16F2N2O. The van der Waals surface area contributed by atoms with Crippen LogP contribution in [0.2, 0.25) is 0 Å². The monoisotopic (exact) mass is 278 g/mol. The van der Waals surface area contributed by atoms with Crippen LogP contribution >= 0.6 is 0 Å². The maximum Gasteiger partial charge on any atom is 0.163 e. The lowest BCUT2D eigenvalue weighted by Crippen LogP contribution is -2.03. The molecule has 0 spiro atoms. The molecule has 0 aliphatic heterocycles. The Morgan fingerprint density at radius 3 is 2.50 bits per heavy atom. The van der Waals surface area contributed by atoms with Gasteiger partial charge in [0.05, 0.1) is 5.69 Å². The summed E-state index contributed by atoms with van der Waals surface area (Å²) in [5.74, 6) is -2.14. The molecular weight excluding hydrogens is 262 g/mol. The van der Waals surface area contributed by atoms with Gasteiger partial charge in [0.25, 0.3) is 0 Å². The van der Waals surface area contributed by atoms with E-state index in [9.17, 15) is 13.6 Å². The highest BCUT2D eigenvalue weighted by Crippen LogP contribution is 2.16. The van der Waals surface area contributed by atoms with E-state index in [1.807, 2.05) is 20.9 Å². The van der Waals surface area contributed by atoms with E-state index in [1.54, 1.807) is 4.68 Å². The number of hydrogen-bond donors (Lipinski definition) is 0. The van der Waals surface area contributed by atoms with E-state index in [2.05, 4.69) is 5.10 Å². The Balaban J connectivity index is 2.10. The van der Waals surface area contributed by atoms with Crippen molar-refractivity contribution in [1.29, 1.82) is 0 Å². The Bertz CT molecular complexity index is 662. The predicted molar refractivity (Wildman–Crippen MR) is 71.7 cm³/mol. The molecule has 0 amide bonds. The molecule has 0 radical (unpaired) electrons. The average Bonchev–Trinajstić information content (AvgIpc) is 2.64. The molecule has 0 aliphatic carbocycles. The fraction of sp³-hybridized carbons (Fsp3) is 0.333. The summed E-state index contributed by atoms with van der Waals surface area (Å²) >= 11 is 0. The highest BCUT2D eigenvalue weighted by molar-refractivity contribution is 5.96. The Hall–Kier alpha value is -2.04. The number of carbonyl (C=O) groups excluding carboxylic acids is 1. The van der Waals surface area contributed by atoms with Crippen molar-refractivity contribution >= 4 is 5.78 Å². The second kappa shape index (κ2) is 5.53. The molecule has 5 heteroatoms. The van der Waals surface area contributed by atoms with Gasteiger partial charge in [-0.3, -0.25) is 9.48 Å². The van der Waals surface area contributed by atoms with Gasteiger partial charge in [-0.05, 0) is 44.0 Å². The number of aromatic nitrogens is 2.